The van der Waals surface area contributed by atoms with Crippen LogP contribution in [-0.2, 0) is 6.18 Å². The van der Waals surface area contributed by atoms with Gasteiger partial charge in [0.15, 0.2) is 0 Å². The van der Waals surface area contributed by atoms with Gasteiger partial charge in [-0.15, -0.1) is 0 Å². The number of halogens is 3. The monoisotopic (exact) mass is 344 g/mol. The molecule has 0 unspecified atom stereocenters. The number of rotatable bonds is 2. The molecule has 1 aliphatic rings. The van der Waals surface area contributed by atoms with Gasteiger partial charge in [0.05, 0.1) is 5.56 Å². The van der Waals surface area contributed by atoms with Gasteiger partial charge in [-0.3, -0.25) is 0 Å². The van der Waals surface area contributed by atoms with Crippen LogP contribution in [0.5, 0.6) is 0 Å². The van der Waals surface area contributed by atoms with Crippen molar-refractivity contribution in [2.24, 2.45) is 0 Å². The second kappa shape index (κ2) is 6.47. The molecule has 25 heavy (non-hydrogen) atoms. The van der Waals surface area contributed by atoms with Gasteiger partial charge in [0.1, 0.15) is 0 Å². The summed E-state index contributed by atoms with van der Waals surface area (Å²) in [6.07, 6.45) is -3.27. The van der Waals surface area contributed by atoms with Crippen LogP contribution in [0.25, 0.3) is 11.1 Å². The van der Waals surface area contributed by atoms with E-state index in [2.05, 4.69) is 0 Å². The molecular formula is C20H19F3N2. The van der Waals surface area contributed by atoms with Crippen molar-refractivity contribution in [1.29, 1.82) is 10.8 Å². The van der Waals surface area contributed by atoms with E-state index in [4.69, 9.17) is 10.8 Å². The Labute approximate surface area is 144 Å². The summed E-state index contributed by atoms with van der Waals surface area (Å²) in [5, 5.41) is 15.7. The number of aryl methyl sites for hydroxylation is 1. The largest absolute Gasteiger partial charge is 0.416 e. The van der Waals surface area contributed by atoms with Gasteiger partial charge >= 0.3 is 6.18 Å². The molecule has 2 N–H and O–H groups in total. The van der Waals surface area contributed by atoms with E-state index >= 15 is 0 Å². The molecular weight excluding hydrogens is 325 g/mol. The summed E-state index contributed by atoms with van der Waals surface area (Å²) >= 11 is 0. The van der Waals surface area contributed by atoms with Gasteiger partial charge in [0.2, 0.25) is 0 Å². The molecule has 0 radical (unpaired) electrons. The summed E-state index contributed by atoms with van der Waals surface area (Å²) in [6, 6.07) is 11.5. The van der Waals surface area contributed by atoms with Crippen LogP contribution < -0.4 is 0 Å². The number of alkyl halides is 3. The van der Waals surface area contributed by atoms with E-state index in [1.165, 1.54) is 12.1 Å². The fourth-order valence-corrected chi connectivity index (χ4v) is 3.41. The Balaban J connectivity index is 2.12. The lowest BCUT2D eigenvalue weighted by atomic mass is 9.80. The van der Waals surface area contributed by atoms with Crippen LogP contribution in [0.15, 0.2) is 42.5 Å². The van der Waals surface area contributed by atoms with E-state index in [9.17, 15) is 13.2 Å². The van der Waals surface area contributed by atoms with Crippen molar-refractivity contribution < 1.29 is 13.2 Å². The molecule has 0 spiro atoms. The quantitative estimate of drug-likeness (QED) is 0.672. The average molecular weight is 344 g/mol. The normalized spacial score (nSPS) is 18.5. The van der Waals surface area contributed by atoms with Crippen LogP contribution >= 0.6 is 0 Å². The summed E-state index contributed by atoms with van der Waals surface area (Å²) in [6.45, 7) is 1.88. The van der Waals surface area contributed by atoms with E-state index in [0.717, 1.165) is 11.1 Å². The molecule has 1 saturated carbocycles. The maximum Gasteiger partial charge on any atom is 0.416 e. The van der Waals surface area contributed by atoms with Gasteiger partial charge in [-0.2, -0.15) is 13.2 Å². The lowest BCUT2D eigenvalue weighted by molar-refractivity contribution is -0.137. The van der Waals surface area contributed by atoms with Crippen molar-refractivity contribution in [3.63, 3.8) is 0 Å². The maximum atomic E-state index is 13.4. The van der Waals surface area contributed by atoms with Gasteiger partial charge in [-0.25, -0.2) is 0 Å². The van der Waals surface area contributed by atoms with Crippen molar-refractivity contribution >= 4 is 11.4 Å². The van der Waals surface area contributed by atoms with Crippen LogP contribution in [0.4, 0.5) is 13.2 Å². The van der Waals surface area contributed by atoms with Gasteiger partial charge in [0, 0.05) is 17.8 Å². The van der Waals surface area contributed by atoms with E-state index < -0.39 is 11.7 Å². The molecule has 1 aliphatic carbocycles. The molecule has 0 bridgehead atoms. The average Bonchev–Trinajstić information content (AvgIpc) is 2.53. The fraction of sp³-hybridized carbons (Fsp3) is 0.300. The molecule has 3 rings (SSSR count). The Bertz CT molecular complexity index is 821. The van der Waals surface area contributed by atoms with Gasteiger partial charge in [-0.1, -0.05) is 30.3 Å². The highest BCUT2D eigenvalue weighted by Crippen LogP contribution is 2.38. The molecule has 2 aromatic carbocycles. The summed E-state index contributed by atoms with van der Waals surface area (Å²) in [7, 11) is 0. The van der Waals surface area contributed by atoms with Gasteiger partial charge in [-0.05, 0) is 60.1 Å². The van der Waals surface area contributed by atoms with E-state index in [-0.39, 0.29) is 5.92 Å². The summed E-state index contributed by atoms with van der Waals surface area (Å²) < 4.78 is 40.2. The molecule has 1 fully saturated rings. The topological polar surface area (TPSA) is 47.7 Å². The summed E-state index contributed by atoms with van der Waals surface area (Å²) in [5.74, 6) is -0.237. The first-order valence-electron chi connectivity index (χ1n) is 8.15. The maximum absolute atomic E-state index is 13.4. The van der Waals surface area contributed by atoms with Crippen molar-refractivity contribution in [3.05, 3.63) is 59.2 Å². The Morgan fingerprint density at radius 2 is 1.60 bits per heavy atom. The van der Waals surface area contributed by atoms with E-state index in [1.807, 2.05) is 31.2 Å². The van der Waals surface area contributed by atoms with Crippen molar-refractivity contribution in [2.45, 2.75) is 38.3 Å². The zero-order valence-corrected chi connectivity index (χ0v) is 13.9. The summed E-state index contributed by atoms with van der Waals surface area (Å²) in [5.41, 5.74) is 2.93. The van der Waals surface area contributed by atoms with Gasteiger partial charge in [0.25, 0.3) is 0 Å². The third-order valence-electron chi connectivity index (χ3n) is 4.62. The minimum Gasteiger partial charge on any atom is -0.309 e. The minimum atomic E-state index is -4.43. The highest BCUT2D eigenvalue weighted by Gasteiger charge is 2.33. The Morgan fingerprint density at radius 1 is 0.960 bits per heavy atom. The first-order valence-corrected chi connectivity index (χ1v) is 8.15. The summed E-state index contributed by atoms with van der Waals surface area (Å²) in [4.78, 5) is 0. The molecule has 2 nitrogen and oxygen atoms in total. The second-order valence-electron chi connectivity index (χ2n) is 6.65. The second-order valence-corrected chi connectivity index (χ2v) is 6.65. The molecule has 0 saturated heterocycles. The lowest BCUT2D eigenvalue weighted by Crippen LogP contribution is -2.21. The molecule has 0 atom stereocenters. The van der Waals surface area contributed by atoms with Crippen LogP contribution in [0, 0.1) is 17.7 Å². The molecule has 130 valence electrons. The van der Waals surface area contributed by atoms with Crippen molar-refractivity contribution in [1.82, 2.24) is 0 Å². The molecule has 0 aliphatic heterocycles. The Hall–Kier alpha value is -2.43. The number of nitrogens with one attached hydrogen (secondary N) is 2. The van der Waals surface area contributed by atoms with Crippen LogP contribution in [0.2, 0.25) is 0 Å². The minimum absolute atomic E-state index is 0.237. The predicted molar refractivity (Wildman–Crippen MR) is 93.7 cm³/mol. The van der Waals surface area contributed by atoms with Crippen LogP contribution in [0.1, 0.15) is 41.9 Å². The molecule has 5 heteroatoms. The number of hydrogen-bond acceptors (Lipinski definition) is 2. The molecule has 0 aromatic heterocycles. The van der Waals surface area contributed by atoms with Crippen LogP contribution in [-0.4, -0.2) is 11.4 Å². The standard InChI is InChI=1S/C20H19F3N2/c1-12-4-2-3-5-19(12)15-6-13(7-16(8-15)20(21,22)23)14-9-17(24)11-18(25)10-14/h2-8,14,24-25H,9-11H2,1H3. The first kappa shape index (κ1) is 17.4. The fourth-order valence-electron chi connectivity index (χ4n) is 3.41. The smallest absolute Gasteiger partial charge is 0.309 e. The Kier molecular flexibility index (Phi) is 4.50. The van der Waals surface area contributed by atoms with E-state index in [1.54, 1.807) is 6.07 Å². The van der Waals surface area contributed by atoms with Gasteiger partial charge < -0.3 is 10.8 Å². The van der Waals surface area contributed by atoms with E-state index in [0.29, 0.717) is 41.8 Å². The number of hydrogen-bond donors (Lipinski definition) is 2. The highest BCUT2D eigenvalue weighted by atomic mass is 19.4. The predicted octanol–water partition coefficient (Wildman–Crippen LogP) is 5.99. The third-order valence-corrected chi connectivity index (χ3v) is 4.62. The number of benzene rings is 2. The SMILES string of the molecule is Cc1ccccc1-c1cc(C2CC(=N)CC(=N)C2)cc(C(F)(F)F)c1. The van der Waals surface area contributed by atoms with Crippen molar-refractivity contribution in [2.75, 3.05) is 0 Å². The highest BCUT2D eigenvalue weighted by molar-refractivity contribution is 6.04. The Morgan fingerprint density at radius 3 is 2.20 bits per heavy atom. The zero-order chi connectivity index (χ0) is 18.2. The molecule has 0 amide bonds. The zero-order valence-electron chi connectivity index (χ0n) is 13.9. The first-order chi connectivity index (χ1) is 11.7. The van der Waals surface area contributed by atoms with Crippen molar-refractivity contribution in [3.8, 4) is 11.1 Å². The third kappa shape index (κ3) is 3.81. The lowest BCUT2D eigenvalue weighted by Gasteiger charge is -2.25. The van der Waals surface area contributed by atoms with Crippen LogP contribution in [0.3, 0.4) is 0 Å². The molecule has 0 heterocycles. The molecule has 2 aromatic rings.